The predicted octanol–water partition coefficient (Wildman–Crippen LogP) is 3.52. The minimum absolute atomic E-state index is 0.0112. The van der Waals surface area contributed by atoms with Crippen molar-refractivity contribution >= 4 is 18.5 Å². The van der Waals surface area contributed by atoms with E-state index in [9.17, 15) is 4.79 Å². The average molecular weight is 384 g/mol. The molecule has 2 heterocycles. The summed E-state index contributed by atoms with van der Waals surface area (Å²) in [6.07, 6.45) is 3.80. The second-order valence-electron chi connectivity index (χ2n) is 10.1. The second kappa shape index (κ2) is 8.40. The molecule has 0 atom stereocenters. The van der Waals surface area contributed by atoms with Crippen molar-refractivity contribution in [3.05, 3.63) is 0 Å². The predicted molar refractivity (Wildman–Crippen MR) is 114 cm³/mol. The molecule has 2 rings (SSSR count). The van der Waals surface area contributed by atoms with Gasteiger partial charge in [-0.2, -0.15) is 12.6 Å². The number of carbonyl (C=O) groups excluding carboxylic acids is 1. The number of hydrogen-bond acceptors (Lipinski definition) is 4. The van der Waals surface area contributed by atoms with Crippen LogP contribution < -0.4 is 0 Å². The second-order valence-corrected chi connectivity index (χ2v) is 11.2. The van der Waals surface area contributed by atoms with Gasteiger partial charge in [-0.05, 0) is 52.0 Å². The molecular formula is C21H41N3OS. The monoisotopic (exact) mass is 383 g/mol. The molecular weight excluding hydrogens is 342 g/mol. The van der Waals surface area contributed by atoms with E-state index in [1.807, 2.05) is 0 Å². The number of thiol groups is 1. The van der Waals surface area contributed by atoms with Gasteiger partial charge in [0.2, 0.25) is 5.91 Å². The molecule has 2 saturated heterocycles. The average Bonchev–Trinajstić information content (AvgIpc) is 2.54. The SMILES string of the molecule is CC(C)(C)N1CCN(CCCC(=O)N2CCC(C)(C(C)(C)S)CC2)CC1. The zero-order valence-corrected chi connectivity index (χ0v) is 18.9. The Morgan fingerprint density at radius 2 is 1.50 bits per heavy atom. The third kappa shape index (κ3) is 5.62. The van der Waals surface area contributed by atoms with Crippen LogP contribution in [0.5, 0.6) is 0 Å². The standard InChI is InChI=1S/C21H41N3OS/c1-19(2,3)24-16-14-22(15-17-24)11-7-8-18(25)23-12-9-21(6,10-13-23)20(4,5)26/h26H,7-17H2,1-6H3. The molecule has 0 N–H and O–H groups in total. The molecule has 152 valence electrons. The van der Waals surface area contributed by atoms with Gasteiger partial charge in [-0.3, -0.25) is 9.69 Å². The van der Waals surface area contributed by atoms with Gasteiger partial charge in [-0.1, -0.05) is 20.8 Å². The van der Waals surface area contributed by atoms with Crippen LogP contribution in [0, 0.1) is 5.41 Å². The van der Waals surface area contributed by atoms with Crippen LogP contribution in [0.25, 0.3) is 0 Å². The molecule has 0 saturated carbocycles. The number of likely N-dealkylation sites (tertiary alicyclic amines) is 1. The maximum absolute atomic E-state index is 12.6. The molecule has 0 bridgehead atoms. The zero-order valence-electron chi connectivity index (χ0n) is 18.0. The van der Waals surface area contributed by atoms with Gasteiger partial charge in [0.25, 0.3) is 0 Å². The van der Waals surface area contributed by atoms with Crippen LogP contribution in [0.2, 0.25) is 0 Å². The molecule has 0 aromatic heterocycles. The third-order valence-corrected chi connectivity index (χ3v) is 7.42. The van der Waals surface area contributed by atoms with Crippen LogP contribution in [-0.4, -0.2) is 76.7 Å². The van der Waals surface area contributed by atoms with Gasteiger partial charge in [0, 0.05) is 56.0 Å². The molecule has 0 aliphatic carbocycles. The first-order valence-corrected chi connectivity index (χ1v) is 10.8. The number of nitrogens with zero attached hydrogens (tertiary/aromatic N) is 3. The van der Waals surface area contributed by atoms with Crippen LogP contribution in [0.4, 0.5) is 0 Å². The summed E-state index contributed by atoms with van der Waals surface area (Å²) in [5, 5.41) is 0. The van der Waals surface area contributed by atoms with E-state index in [2.05, 4.69) is 56.2 Å². The Labute approximate surface area is 167 Å². The molecule has 26 heavy (non-hydrogen) atoms. The molecule has 5 heteroatoms. The minimum Gasteiger partial charge on any atom is -0.343 e. The summed E-state index contributed by atoms with van der Waals surface area (Å²) in [6.45, 7) is 21.0. The number of hydrogen-bond donors (Lipinski definition) is 1. The molecule has 2 aliphatic rings. The van der Waals surface area contributed by atoms with Crippen molar-refractivity contribution in [2.24, 2.45) is 5.41 Å². The summed E-state index contributed by atoms with van der Waals surface area (Å²) in [5.41, 5.74) is 0.492. The van der Waals surface area contributed by atoms with Gasteiger partial charge >= 0.3 is 0 Å². The van der Waals surface area contributed by atoms with E-state index in [1.54, 1.807) is 0 Å². The summed E-state index contributed by atoms with van der Waals surface area (Å²) in [7, 11) is 0. The molecule has 0 aromatic carbocycles. The Bertz CT molecular complexity index is 465. The topological polar surface area (TPSA) is 26.8 Å². The highest BCUT2D eigenvalue weighted by Gasteiger charge is 2.41. The number of rotatable bonds is 5. The van der Waals surface area contributed by atoms with Gasteiger partial charge in [0.15, 0.2) is 0 Å². The van der Waals surface area contributed by atoms with Gasteiger partial charge in [-0.15, -0.1) is 0 Å². The van der Waals surface area contributed by atoms with Crippen molar-refractivity contribution in [2.45, 2.75) is 77.5 Å². The van der Waals surface area contributed by atoms with E-state index in [0.29, 0.717) is 12.3 Å². The van der Waals surface area contributed by atoms with Crippen LogP contribution in [-0.2, 0) is 4.79 Å². The van der Waals surface area contributed by atoms with Crippen molar-refractivity contribution < 1.29 is 4.79 Å². The number of piperidine rings is 1. The van der Waals surface area contributed by atoms with Crippen molar-refractivity contribution in [1.29, 1.82) is 0 Å². The number of piperazine rings is 1. The van der Waals surface area contributed by atoms with Crippen LogP contribution >= 0.6 is 12.6 Å². The highest BCUT2D eigenvalue weighted by Crippen LogP contribution is 2.44. The van der Waals surface area contributed by atoms with E-state index in [4.69, 9.17) is 12.6 Å². The van der Waals surface area contributed by atoms with E-state index in [1.165, 1.54) is 0 Å². The Balaban J connectivity index is 1.66. The Hall–Kier alpha value is -0.260. The van der Waals surface area contributed by atoms with Crippen molar-refractivity contribution in [2.75, 3.05) is 45.8 Å². The van der Waals surface area contributed by atoms with Crippen molar-refractivity contribution in [3.8, 4) is 0 Å². The van der Waals surface area contributed by atoms with E-state index in [0.717, 1.165) is 65.1 Å². The summed E-state index contributed by atoms with van der Waals surface area (Å²) in [6, 6.07) is 0. The fourth-order valence-electron chi connectivity index (χ4n) is 4.12. The molecule has 1 amide bonds. The number of amides is 1. The summed E-state index contributed by atoms with van der Waals surface area (Å²) in [5.74, 6) is 0.345. The quantitative estimate of drug-likeness (QED) is 0.736. The van der Waals surface area contributed by atoms with Gasteiger partial charge in [0.1, 0.15) is 0 Å². The highest BCUT2D eigenvalue weighted by atomic mass is 32.1. The summed E-state index contributed by atoms with van der Waals surface area (Å²) < 4.78 is 0.0112. The highest BCUT2D eigenvalue weighted by molar-refractivity contribution is 7.81. The van der Waals surface area contributed by atoms with Gasteiger partial charge in [-0.25, -0.2) is 0 Å². The third-order valence-electron chi connectivity index (χ3n) is 6.88. The summed E-state index contributed by atoms with van der Waals surface area (Å²) >= 11 is 4.79. The van der Waals surface area contributed by atoms with Crippen LogP contribution in [0.15, 0.2) is 0 Å². The fourth-order valence-corrected chi connectivity index (χ4v) is 4.34. The van der Waals surface area contributed by atoms with Crippen LogP contribution in [0.3, 0.4) is 0 Å². The minimum atomic E-state index is 0.0112. The normalized spacial score (nSPS) is 23.3. The van der Waals surface area contributed by atoms with Gasteiger partial charge < -0.3 is 9.80 Å². The van der Waals surface area contributed by atoms with E-state index in [-0.39, 0.29) is 15.7 Å². The first kappa shape index (κ1) is 22.0. The molecule has 0 unspecified atom stereocenters. The lowest BCUT2D eigenvalue weighted by atomic mass is 9.71. The van der Waals surface area contributed by atoms with E-state index < -0.39 is 0 Å². The largest absolute Gasteiger partial charge is 0.343 e. The first-order valence-electron chi connectivity index (χ1n) is 10.4. The Morgan fingerprint density at radius 3 is 1.96 bits per heavy atom. The summed E-state index contributed by atoms with van der Waals surface area (Å²) in [4.78, 5) is 19.7. The lowest BCUT2D eigenvalue weighted by molar-refractivity contribution is -0.133. The zero-order chi connectivity index (χ0) is 19.6. The Kier molecular flexibility index (Phi) is 7.12. The molecule has 2 aliphatic heterocycles. The maximum atomic E-state index is 12.6. The van der Waals surface area contributed by atoms with E-state index >= 15 is 0 Å². The smallest absolute Gasteiger partial charge is 0.222 e. The lowest BCUT2D eigenvalue weighted by Gasteiger charge is -2.47. The van der Waals surface area contributed by atoms with Crippen LogP contribution in [0.1, 0.15) is 67.2 Å². The molecule has 4 nitrogen and oxygen atoms in total. The molecule has 0 aromatic rings. The molecule has 0 spiro atoms. The Morgan fingerprint density at radius 1 is 0.962 bits per heavy atom. The maximum Gasteiger partial charge on any atom is 0.222 e. The molecule has 2 fully saturated rings. The fraction of sp³-hybridized carbons (Fsp3) is 0.952. The lowest BCUT2D eigenvalue weighted by Crippen LogP contribution is -2.53. The number of carbonyl (C=O) groups is 1. The van der Waals surface area contributed by atoms with Gasteiger partial charge in [0.05, 0.1) is 0 Å². The molecule has 0 radical (unpaired) electrons. The van der Waals surface area contributed by atoms with Crippen molar-refractivity contribution in [1.82, 2.24) is 14.7 Å². The van der Waals surface area contributed by atoms with Crippen molar-refractivity contribution in [3.63, 3.8) is 0 Å². The first-order chi connectivity index (χ1) is 11.9.